The van der Waals surface area contributed by atoms with Crippen LogP contribution in [0, 0.1) is 11.8 Å². The maximum absolute atomic E-state index is 4.95. The number of nitrogens with zero attached hydrogens (tertiary/aromatic N) is 1. The van der Waals surface area contributed by atoms with Crippen molar-refractivity contribution in [1.82, 2.24) is 0 Å². The van der Waals surface area contributed by atoms with Crippen LogP contribution in [-0.2, 0) is 4.84 Å². The zero-order chi connectivity index (χ0) is 8.27. The van der Waals surface area contributed by atoms with Gasteiger partial charge in [0.15, 0.2) is 0 Å². The third-order valence-electron chi connectivity index (χ3n) is 1.90. The van der Waals surface area contributed by atoms with Gasteiger partial charge in [-0.05, 0) is 18.4 Å². The second kappa shape index (κ2) is 3.56. The summed E-state index contributed by atoms with van der Waals surface area (Å²) in [4.78, 5) is 4.95. The standard InChI is InChI=1S/C9H15NO/c1-7(2)9-8(3)5-4-6-11-10-9/h4,6-8H,5H2,1-3H3. The summed E-state index contributed by atoms with van der Waals surface area (Å²) in [5, 5.41) is 4.03. The summed E-state index contributed by atoms with van der Waals surface area (Å²) < 4.78 is 0. The molecule has 0 N–H and O–H groups in total. The maximum Gasteiger partial charge on any atom is 0.118 e. The second-order valence-electron chi connectivity index (χ2n) is 3.28. The van der Waals surface area contributed by atoms with E-state index in [1.54, 1.807) is 6.26 Å². The van der Waals surface area contributed by atoms with Crippen LogP contribution in [0.2, 0.25) is 0 Å². The molecule has 0 bridgehead atoms. The first-order chi connectivity index (χ1) is 5.22. The van der Waals surface area contributed by atoms with E-state index in [9.17, 15) is 0 Å². The van der Waals surface area contributed by atoms with E-state index in [4.69, 9.17) is 4.84 Å². The highest BCUT2D eigenvalue weighted by Gasteiger charge is 2.15. The minimum absolute atomic E-state index is 0.491. The Morgan fingerprint density at radius 3 is 3.00 bits per heavy atom. The van der Waals surface area contributed by atoms with Gasteiger partial charge in [0, 0.05) is 5.92 Å². The first kappa shape index (κ1) is 8.31. The van der Waals surface area contributed by atoms with Crippen molar-refractivity contribution in [3.8, 4) is 0 Å². The molecule has 1 aliphatic heterocycles. The third-order valence-corrected chi connectivity index (χ3v) is 1.90. The van der Waals surface area contributed by atoms with Crippen molar-refractivity contribution in [3.05, 3.63) is 12.3 Å². The van der Waals surface area contributed by atoms with E-state index in [2.05, 4.69) is 25.9 Å². The molecule has 0 saturated carbocycles. The molecule has 1 aliphatic rings. The van der Waals surface area contributed by atoms with Crippen LogP contribution in [0.4, 0.5) is 0 Å². The number of rotatable bonds is 1. The van der Waals surface area contributed by atoms with E-state index in [1.165, 1.54) is 0 Å². The zero-order valence-corrected chi connectivity index (χ0v) is 7.37. The van der Waals surface area contributed by atoms with E-state index < -0.39 is 0 Å². The van der Waals surface area contributed by atoms with Crippen molar-refractivity contribution in [3.63, 3.8) is 0 Å². The molecule has 2 nitrogen and oxygen atoms in total. The van der Waals surface area contributed by atoms with Crippen LogP contribution in [0.3, 0.4) is 0 Å². The lowest BCUT2D eigenvalue weighted by Crippen LogP contribution is -2.16. The topological polar surface area (TPSA) is 21.6 Å². The van der Waals surface area contributed by atoms with E-state index in [1.807, 2.05) is 6.08 Å². The quantitative estimate of drug-likeness (QED) is 0.567. The minimum atomic E-state index is 0.491. The van der Waals surface area contributed by atoms with Gasteiger partial charge in [-0.2, -0.15) is 0 Å². The Morgan fingerprint density at radius 1 is 1.64 bits per heavy atom. The summed E-state index contributed by atoms with van der Waals surface area (Å²) in [6, 6.07) is 0. The Balaban J connectivity index is 2.69. The van der Waals surface area contributed by atoms with Crippen molar-refractivity contribution in [1.29, 1.82) is 0 Å². The Bertz CT molecular complexity index is 182. The van der Waals surface area contributed by atoms with Crippen LogP contribution in [0.25, 0.3) is 0 Å². The third kappa shape index (κ3) is 2.07. The van der Waals surface area contributed by atoms with Crippen molar-refractivity contribution >= 4 is 5.71 Å². The molecule has 1 rings (SSSR count). The molecule has 0 aromatic heterocycles. The molecule has 62 valence electrons. The van der Waals surface area contributed by atoms with Crippen LogP contribution < -0.4 is 0 Å². The van der Waals surface area contributed by atoms with E-state index in [0.717, 1.165) is 12.1 Å². The molecule has 0 radical (unpaired) electrons. The van der Waals surface area contributed by atoms with Crippen LogP contribution in [-0.4, -0.2) is 5.71 Å². The Hall–Kier alpha value is -0.790. The van der Waals surface area contributed by atoms with E-state index in [0.29, 0.717) is 11.8 Å². The van der Waals surface area contributed by atoms with E-state index in [-0.39, 0.29) is 0 Å². The zero-order valence-electron chi connectivity index (χ0n) is 7.37. The molecule has 1 heterocycles. The monoisotopic (exact) mass is 153 g/mol. The van der Waals surface area contributed by atoms with Crippen molar-refractivity contribution in [2.45, 2.75) is 27.2 Å². The largest absolute Gasteiger partial charge is 0.365 e. The Labute approximate surface area is 67.9 Å². The van der Waals surface area contributed by atoms with Crippen LogP contribution >= 0.6 is 0 Å². The Kier molecular flexibility index (Phi) is 2.69. The first-order valence-corrected chi connectivity index (χ1v) is 4.10. The fourth-order valence-electron chi connectivity index (χ4n) is 1.28. The number of oxime groups is 1. The molecule has 11 heavy (non-hydrogen) atoms. The van der Waals surface area contributed by atoms with Gasteiger partial charge in [-0.3, -0.25) is 0 Å². The first-order valence-electron chi connectivity index (χ1n) is 4.10. The average molecular weight is 153 g/mol. The average Bonchev–Trinajstić information content (AvgIpc) is 2.13. The van der Waals surface area contributed by atoms with Crippen LogP contribution in [0.15, 0.2) is 17.5 Å². The molecule has 0 fully saturated rings. The minimum Gasteiger partial charge on any atom is -0.365 e. The van der Waals surface area contributed by atoms with Crippen molar-refractivity contribution in [2.24, 2.45) is 17.0 Å². The SMILES string of the molecule is CC(C)C1=NOC=CCC1C. The maximum atomic E-state index is 4.95. The van der Waals surface area contributed by atoms with Gasteiger partial charge in [-0.15, -0.1) is 0 Å². The summed E-state index contributed by atoms with van der Waals surface area (Å²) >= 11 is 0. The molecule has 0 aromatic rings. The molecule has 2 heteroatoms. The molecule has 0 spiro atoms. The molecular weight excluding hydrogens is 138 g/mol. The highest BCUT2D eigenvalue weighted by Crippen LogP contribution is 2.15. The van der Waals surface area contributed by atoms with Crippen molar-refractivity contribution < 1.29 is 4.84 Å². The normalized spacial score (nSPS) is 24.4. The highest BCUT2D eigenvalue weighted by atomic mass is 16.6. The van der Waals surface area contributed by atoms with Gasteiger partial charge >= 0.3 is 0 Å². The van der Waals surface area contributed by atoms with Gasteiger partial charge in [0.25, 0.3) is 0 Å². The lowest BCUT2D eigenvalue weighted by Gasteiger charge is -2.12. The second-order valence-corrected chi connectivity index (χ2v) is 3.28. The lowest BCUT2D eigenvalue weighted by molar-refractivity contribution is 0.266. The van der Waals surface area contributed by atoms with Gasteiger partial charge in [-0.1, -0.05) is 25.9 Å². The molecule has 0 amide bonds. The molecule has 1 unspecified atom stereocenters. The lowest BCUT2D eigenvalue weighted by atomic mass is 9.93. The predicted molar refractivity (Wildman–Crippen MR) is 46.3 cm³/mol. The molecule has 0 saturated heterocycles. The highest BCUT2D eigenvalue weighted by molar-refractivity contribution is 5.88. The Morgan fingerprint density at radius 2 is 2.36 bits per heavy atom. The fourth-order valence-corrected chi connectivity index (χ4v) is 1.28. The molecule has 1 atom stereocenters. The number of hydrogen-bond acceptors (Lipinski definition) is 2. The fraction of sp³-hybridized carbons (Fsp3) is 0.667. The van der Waals surface area contributed by atoms with Gasteiger partial charge in [0.1, 0.15) is 6.26 Å². The summed E-state index contributed by atoms with van der Waals surface area (Å²) in [6.07, 6.45) is 4.71. The van der Waals surface area contributed by atoms with Crippen molar-refractivity contribution in [2.75, 3.05) is 0 Å². The molecular formula is C9H15NO. The number of allylic oxidation sites excluding steroid dienone is 1. The van der Waals surface area contributed by atoms with Gasteiger partial charge in [-0.25, -0.2) is 0 Å². The van der Waals surface area contributed by atoms with E-state index >= 15 is 0 Å². The molecule has 0 aliphatic carbocycles. The van der Waals surface area contributed by atoms with Crippen LogP contribution in [0.5, 0.6) is 0 Å². The predicted octanol–water partition coefficient (Wildman–Crippen LogP) is 2.57. The molecule has 0 aromatic carbocycles. The van der Waals surface area contributed by atoms with Crippen LogP contribution in [0.1, 0.15) is 27.2 Å². The van der Waals surface area contributed by atoms with Gasteiger partial charge < -0.3 is 4.84 Å². The summed E-state index contributed by atoms with van der Waals surface area (Å²) in [6.45, 7) is 6.46. The summed E-state index contributed by atoms with van der Waals surface area (Å²) in [5.41, 5.74) is 1.16. The van der Waals surface area contributed by atoms with Gasteiger partial charge in [0.2, 0.25) is 0 Å². The summed E-state index contributed by atoms with van der Waals surface area (Å²) in [5.74, 6) is 1.01. The summed E-state index contributed by atoms with van der Waals surface area (Å²) in [7, 11) is 0. The van der Waals surface area contributed by atoms with Gasteiger partial charge in [0.05, 0.1) is 5.71 Å². The number of hydrogen-bond donors (Lipinski definition) is 0. The smallest absolute Gasteiger partial charge is 0.118 e.